The van der Waals surface area contributed by atoms with Crippen LogP contribution >= 0.6 is 0 Å². The average Bonchev–Trinajstić information content (AvgIpc) is 2.89. The van der Waals surface area contributed by atoms with E-state index < -0.39 is 5.97 Å². The van der Waals surface area contributed by atoms with Crippen LogP contribution < -0.4 is 0 Å². The Morgan fingerprint density at radius 3 is 2.84 bits per heavy atom. The van der Waals surface area contributed by atoms with Crippen molar-refractivity contribution in [1.82, 2.24) is 15.0 Å². The molecule has 0 radical (unpaired) electrons. The SMILES string of the molecule is C=CCOC(=O)c1cn(CCCCCCCO)nn1. The molecule has 0 fully saturated rings. The maximum absolute atomic E-state index is 11.5. The molecule has 0 aromatic carbocycles. The van der Waals surface area contributed by atoms with Crippen LogP contribution in [0.25, 0.3) is 0 Å². The van der Waals surface area contributed by atoms with Gasteiger partial charge in [0.2, 0.25) is 0 Å². The van der Waals surface area contributed by atoms with E-state index in [4.69, 9.17) is 9.84 Å². The highest BCUT2D eigenvalue weighted by Gasteiger charge is 2.11. The van der Waals surface area contributed by atoms with Gasteiger partial charge in [0.1, 0.15) is 6.61 Å². The van der Waals surface area contributed by atoms with Crippen molar-refractivity contribution in [2.24, 2.45) is 0 Å². The average molecular weight is 267 g/mol. The Kier molecular flexibility index (Phi) is 7.50. The van der Waals surface area contributed by atoms with Crippen LogP contribution in [0.2, 0.25) is 0 Å². The van der Waals surface area contributed by atoms with Crippen molar-refractivity contribution in [1.29, 1.82) is 0 Å². The fourth-order valence-corrected chi connectivity index (χ4v) is 1.63. The van der Waals surface area contributed by atoms with Crippen molar-refractivity contribution in [2.45, 2.75) is 38.6 Å². The van der Waals surface area contributed by atoms with Gasteiger partial charge in [-0.2, -0.15) is 0 Å². The van der Waals surface area contributed by atoms with Crippen LogP contribution in [-0.2, 0) is 11.3 Å². The van der Waals surface area contributed by atoms with Gasteiger partial charge in [0.05, 0.1) is 6.20 Å². The molecule has 0 atom stereocenters. The number of aliphatic hydroxyl groups excluding tert-OH is 1. The summed E-state index contributed by atoms with van der Waals surface area (Å²) in [6, 6.07) is 0. The third-order valence-corrected chi connectivity index (χ3v) is 2.63. The number of hydrogen-bond donors (Lipinski definition) is 1. The van der Waals surface area contributed by atoms with E-state index >= 15 is 0 Å². The van der Waals surface area contributed by atoms with Crippen LogP contribution in [0.3, 0.4) is 0 Å². The van der Waals surface area contributed by atoms with Crippen molar-refractivity contribution in [3.05, 3.63) is 24.5 Å². The second kappa shape index (κ2) is 9.27. The highest BCUT2D eigenvalue weighted by Crippen LogP contribution is 2.04. The van der Waals surface area contributed by atoms with Gasteiger partial charge < -0.3 is 9.84 Å². The molecule has 0 unspecified atom stereocenters. The van der Waals surface area contributed by atoms with E-state index in [1.165, 1.54) is 6.08 Å². The molecule has 1 aromatic heterocycles. The number of ether oxygens (including phenoxy) is 1. The molecule has 1 aromatic rings. The lowest BCUT2D eigenvalue weighted by Crippen LogP contribution is -2.05. The summed E-state index contributed by atoms with van der Waals surface area (Å²) in [7, 11) is 0. The van der Waals surface area contributed by atoms with Crippen molar-refractivity contribution in [3.8, 4) is 0 Å². The largest absolute Gasteiger partial charge is 0.457 e. The summed E-state index contributed by atoms with van der Waals surface area (Å²) in [4.78, 5) is 11.5. The van der Waals surface area contributed by atoms with Crippen LogP contribution in [-0.4, -0.2) is 39.3 Å². The zero-order valence-corrected chi connectivity index (χ0v) is 11.1. The number of esters is 1. The summed E-state index contributed by atoms with van der Waals surface area (Å²) >= 11 is 0. The van der Waals surface area contributed by atoms with E-state index in [1.54, 1.807) is 10.9 Å². The van der Waals surface area contributed by atoms with E-state index in [9.17, 15) is 4.79 Å². The molecule has 0 saturated carbocycles. The van der Waals surface area contributed by atoms with Crippen molar-refractivity contribution in [2.75, 3.05) is 13.2 Å². The standard InChI is InChI=1S/C13H21N3O3/c1-2-10-19-13(18)12-11-16(15-14-12)8-6-4-3-5-7-9-17/h2,11,17H,1,3-10H2. The Morgan fingerprint density at radius 1 is 1.37 bits per heavy atom. The van der Waals surface area contributed by atoms with Crippen LogP contribution in [0.15, 0.2) is 18.9 Å². The summed E-state index contributed by atoms with van der Waals surface area (Å²) in [6.45, 7) is 4.65. The molecule has 6 nitrogen and oxygen atoms in total. The van der Waals surface area contributed by atoms with Crippen molar-refractivity contribution < 1.29 is 14.6 Å². The number of aryl methyl sites for hydroxylation is 1. The van der Waals surface area contributed by atoms with Gasteiger partial charge in [-0.25, -0.2) is 4.79 Å². The minimum absolute atomic E-state index is 0.177. The lowest BCUT2D eigenvalue weighted by Gasteiger charge is -2.00. The van der Waals surface area contributed by atoms with E-state index in [0.717, 1.165) is 38.6 Å². The van der Waals surface area contributed by atoms with Crippen LogP contribution in [0.4, 0.5) is 0 Å². The first-order chi connectivity index (χ1) is 9.27. The fraction of sp³-hybridized carbons (Fsp3) is 0.615. The van der Waals surface area contributed by atoms with Gasteiger partial charge in [0, 0.05) is 13.2 Å². The van der Waals surface area contributed by atoms with Gasteiger partial charge in [-0.1, -0.05) is 37.1 Å². The first-order valence-corrected chi connectivity index (χ1v) is 6.57. The summed E-state index contributed by atoms with van der Waals surface area (Å²) in [5, 5.41) is 16.3. The normalized spacial score (nSPS) is 10.4. The lowest BCUT2D eigenvalue weighted by molar-refractivity contribution is 0.0542. The monoisotopic (exact) mass is 267 g/mol. The number of rotatable bonds is 10. The third-order valence-electron chi connectivity index (χ3n) is 2.63. The minimum Gasteiger partial charge on any atom is -0.457 e. The second-order valence-electron chi connectivity index (χ2n) is 4.25. The molecule has 0 bridgehead atoms. The topological polar surface area (TPSA) is 77.2 Å². The van der Waals surface area contributed by atoms with Gasteiger partial charge in [-0.3, -0.25) is 4.68 Å². The van der Waals surface area contributed by atoms with E-state index in [0.29, 0.717) is 0 Å². The number of hydrogen-bond acceptors (Lipinski definition) is 5. The fourth-order valence-electron chi connectivity index (χ4n) is 1.63. The molecule has 0 aliphatic carbocycles. The van der Waals surface area contributed by atoms with E-state index in [1.807, 2.05) is 0 Å². The number of carbonyl (C=O) groups excluding carboxylic acids is 1. The second-order valence-corrected chi connectivity index (χ2v) is 4.25. The Bertz CT molecular complexity index is 390. The van der Waals surface area contributed by atoms with E-state index in [-0.39, 0.29) is 18.9 Å². The van der Waals surface area contributed by atoms with Gasteiger partial charge in [-0.15, -0.1) is 5.10 Å². The predicted octanol–water partition coefficient (Wildman–Crippen LogP) is 1.56. The summed E-state index contributed by atoms with van der Waals surface area (Å²) < 4.78 is 6.51. The molecule has 0 spiro atoms. The molecule has 6 heteroatoms. The number of aromatic nitrogens is 3. The summed E-state index contributed by atoms with van der Waals surface area (Å²) in [6.07, 6.45) is 8.18. The van der Waals surface area contributed by atoms with Gasteiger partial charge in [0.15, 0.2) is 5.69 Å². The smallest absolute Gasteiger partial charge is 0.360 e. The number of nitrogens with zero attached hydrogens (tertiary/aromatic N) is 3. The molecule has 1 rings (SSSR count). The van der Waals surface area contributed by atoms with Gasteiger partial charge in [0.25, 0.3) is 0 Å². The Morgan fingerprint density at radius 2 is 2.11 bits per heavy atom. The molecule has 0 saturated heterocycles. The highest BCUT2D eigenvalue weighted by atomic mass is 16.5. The zero-order chi connectivity index (χ0) is 13.9. The van der Waals surface area contributed by atoms with Gasteiger partial charge in [-0.05, 0) is 12.8 Å². The summed E-state index contributed by atoms with van der Waals surface area (Å²) in [5.41, 5.74) is 0.224. The summed E-state index contributed by atoms with van der Waals surface area (Å²) in [5.74, 6) is -0.478. The number of carbonyl (C=O) groups is 1. The maximum Gasteiger partial charge on any atom is 0.360 e. The minimum atomic E-state index is -0.478. The Hall–Kier alpha value is -1.69. The van der Waals surface area contributed by atoms with E-state index in [2.05, 4.69) is 16.9 Å². The van der Waals surface area contributed by atoms with Crippen molar-refractivity contribution in [3.63, 3.8) is 0 Å². The lowest BCUT2D eigenvalue weighted by atomic mass is 10.1. The molecule has 1 N–H and O–H groups in total. The molecular formula is C13H21N3O3. The molecule has 0 aliphatic rings. The Labute approximate surface area is 113 Å². The van der Waals surface area contributed by atoms with Gasteiger partial charge >= 0.3 is 5.97 Å². The molecular weight excluding hydrogens is 246 g/mol. The quantitative estimate of drug-likeness (QED) is 0.395. The Balaban J connectivity index is 2.23. The van der Waals surface area contributed by atoms with Crippen molar-refractivity contribution >= 4 is 5.97 Å². The zero-order valence-electron chi connectivity index (χ0n) is 11.1. The predicted molar refractivity (Wildman–Crippen MR) is 70.7 cm³/mol. The van der Waals surface area contributed by atoms with Crippen LogP contribution in [0.1, 0.15) is 42.6 Å². The first-order valence-electron chi connectivity index (χ1n) is 6.57. The molecule has 106 valence electrons. The van der Waals surface area contributed by atoms with Crippen LogP contribution in [0.5, 0.6) is 0 Å². The number of unbranched alkanes of at least 4 members (excludes halogenated alkanes) is 4. The maximum atomic E-state index is 11.5. The third kappa shape index (κ3) is 6.15. The first kappa shape index (κ1) is 15.4. The molecule has 0 amide bonds. The van der Waals surface area contributed by atoms with Crippen LogP contribution in [0, 0.1) is 0 Å². The highest BCUT2D eigenvalue weighted by molar-refractivity contribution is 5.86. The number of aliphatic hydroxyl groups is 1. The molecule has 0 aliphatic heterocycles. The molecule has 19 heavy (non-hydrogen) atoms. The molecule has 1 heterocycles.